The van der Waals surface area contributed by atoms with Gasteiger partial charge in [-0.05, 0) is 24.6 Å². The lowest BCUT2D eigenvalue weighted by Crippen LogP contribution is -1.82. The average Bonchev–Trinajstić information content (AvgIpc) is 2.31. The van der Waals surface area contributed by atoms with Crippen LogP contribution in [0.25, 0.3) is 0 Å². The second-order valence-electron chi connectivity index (χ2n) is 3.31. The number of hydrogen-bond acceptors (Lipinski definition) is 2. The van der Waals surface area contributed by atoms with Crippen LogP contribution in [0.2, 0.25) is 0 Å². The number of rotatable bonds is 1. The molecule has 0 saturated carbocycles. The number of carbonyl (C=O) groups is 1. The minimum Gasteiger partial charge on any atom is -0.508 e. The third-order valence-corrected chi connectivity index (χ3v) is 2.07. The zero-order chi connectivity index (χ0) is 11.8. The van der Waals surface area contributed by atoms with Crippen LogP contribution in [0, 0.1) is 6.92 Å². The molecule has 0 bridgehead atoms. The summed E-state index contributed by atoms with van der Waals surface area (Å²) in [5.74, 6) is 0.322. The summed E-state index contributed by atoms with van der Waals surface area (Å²) in [6.07, 6.45) is 0.870. The van der Waals surface area contributed by atoms with Gasteiger partial charge in [-0.25, -0.2) is 0 Å². The van der Waals surface area contributed by atoms with Crippen molar-refractivity contribution in [2.45, 2.75) is 6.92 Å². The highest BCUT2D eigenvalue weighted by atomic mass is 16.3. The zero-order valence-electron chi connectivity index (χ0n) is 9.13. The molecule has 2 nitrogen and oxygen atoms in total. The van der Waals surface area contributed by atoms with Gasteiger partial charge in [-0.3, -0.25) is 4.79 Å². The van der Waals surface area contributed by atoms with Crippen LogP contribution in [-0.4, -0.2) is 11.4 Å². The lowest BCUT2D eigenvalue weighted by molar-refractivity contribution is 0.112. The second kappa shape index (κ2) is 6.40. The Kier molecular flexibility index (Phi) is 4.80. The van der Waals surface area contributed by atoms with Gasteiger partial charge in [-0.2, -0.15) is 0 Å². The van der Waals surface area contributed by atoms with Crippen molar-refractivity contribution in [2.75, 3.05) is 0 Å². The monoisotopic (exact) mass is 214 g/mol. The number of phenolic OH excluding ortho intramolecular Hbond substituents is 1. The molecule has 0 atom stereocenters. The van der Waals surface area contributed by atoms with E-state index < -0.39 is 0 Å². The molecule has 0 aliphatic heterocycles. The summed E-state index contributed by atoms with van der Waals surface area (Å²) in [5.41, 5.74) is 1.81. The first-order chi connectivity index (χ1) is 7.74. The van der Waals surface area contributed by atoms with Gasteiger partial charge in [0.05, 0.1) is 0 Å². The predicted molar refractivity (Wildman–Crippen MR) is 64.7 cm³/mol. The number of benzene rings is 2. The maximum atomic E-state index is 10.2. The molecule has 16 heavy (non-hydrogen) atoms. The molecule has 0 amide bonds. The van der Waals surface area contributed by atoms with Crippen molar-refractivity contribution in [3.63, 3.8) is 0 Å². The Morgan fingerprint density at radius 3 is 1.88 bits per heavy atom. The van der Waals surface area contributed by atoms with Crippen LogP contribution in [0.3, 0.4) is 0 Å². The van der Waals surface area contributed by atoms with Crippen molar-refractivity contribution in [3.8, 4) is 5.75 Å². The Balaban J connectivity index is 0.000000165. The van der Waals surface area contributed by atoms with E-state index in [1.165, 1.54) is 0 Å². The third kappa shape index (κ3) is 3.96. The van der Waals surface area contributed by atoms with Crippen molar-refractivity contribution in [2.24, 2.45) is 0 Å². The molecule has 0 unspecified atom stereocenters. The van der Waals surface area contributed by atoms with Crippen LogP contribution in [0.4, 0.5) is 0 Å². The van der Waals surface area contributed by atoms with E-state index in [1.807, 2.05) is 37.3 Å². The minimum atomic E-state index is 0.322. The molecule has 0 aliphatic rings. The molecule has 2 heteroatoms. The average molecular weight is 214 g/mol. The van der Waals surface area contributed by atoms with E-state index in [-0.39, 0.29) is 0 Å². The largest absolute Gasteiger partial charge is 0.508 e. The highest BCUT2D eigenvalue weighted by Gasteiger charge is 1.90. The number of para-hydroxylation sites is 1. The van der Waals surface area contributed by atoms with E-state index in [4.69, 9.17) is 5.11 Å². The Hall–Kier alpha value is -2.09. The smallest absolute Gasteiger partial charge is 0.150 e. The maximum absolute atomic E-state index is 10.2. The number of carbonyl (C=O) groups excluding carboxylic acids is 1. The van der Waals surface area contributed by atoms with Crippen molar-refractivity contribution < 1.29 is 9.90 Å². The quantitative estimate of drug-likeness (QED) is 0.740. The van der Waals surface area contributed by atoms with Gasteiger partial charge in [-0.15, -0.1) is 0 Å². The highest BCUT2D eigenvalue weighted by molar-refractivity contribution is 5.76. The molecule has 0 aromatic heterocycles. The zero-order valence-corrected chi connectivity index (χ0v) is 9.13. The van der Waals surface area contributed by atoms with Crippen LogP contribution in [0.15, 0.2) is 54.6 Å². The van der Waals surface area contributed by atoms with E-state index in [9.17, 15) is 4.79 Å². The molecule has 1 N–H and O–H groups in total. The molecule has 82 valence electrons. The van der Waals surface area contributed by atoms with Crippen molar-refractivity contribution in [1.29, 1.82) is 0 Å². The molecular formula is C14H14O2. The van der Waals surface area contributed by atoms with Crippen molar-refractivity contribution in [3.05, 3.63) is 65.7 Å². The number of hydrogen-bond donors (Lipinski definition) is 1. The summed E-state index contributed by atoms with van der Waals surface area (Å²) in [5, 5.41) is 8.63. The molecule has 2 rings (SSSR count). The number of aldehydes is 1. The summed E-state index contributed by atoms with van der Waals surface area (Å²) < 4.78 is 0. The van der Waals surface area contributed by atoms with E-state index in [0.29, 0.717) is 5.75 Å². The standard InChI is InChI=1S/C8H8O.C6H6O/c1-7-4-2-3-5-8(7)6-9;7-6-4-2-1-3-5-6/h2-6H,1H3;1-5,7H. The highest BCUT2D eigenvalue weighted by Crippen LogP contribution is 2.03. The van der Waals surface area contributed by atoms with Crippen LogP contribution in [0.1, 0.15) is 15.9 Å². The number of phenols is 1. The van der Waals surface area contributed by atoms with Crippen molar-refractivity contribution >= 4 is 6.29 Å². The summed E-state index contributed by atoms with van der Waals surface area (Å²) in [7, 11) is 0. The predicted octanol–water partition coefficient (Wildman–Crippen LogP) is 3.20. The van der Waals surface area contributed by atoms with E-state index >= 15 is 0 Å². The Morgan fingerprint density at radius 2 is 1.50 bits per heavy atom. The molecule has 0 heterocycles. The van der Waals surface area contributed by atoms with Crippen LogP contribution in [-0.2, 0) is 0 Å². The third-order valence-electron chi connectivity index (χ3n) is 2.07. The Labute approximate surface area is 95.2 Å². The Bertz CT molecular complexity index is 435. The first-order valence-electron chi connectivity index (χ1n) is 4.99. The fourth-order valence-electron chi connectivity index (χ4n) is 1.15. The second-order valence-corrected chi connectivity index (χ2v) is 3.31. The molecule has 0 spiro atoms. The minimum absolute atomic E-state index is 0.322. The van der Waals surface area contributed by atoms with Gasteiger partial charge >= 0.3 is 0 Å². The van der Waals surface area contributed by atoms with Gasteiger partial charge < -0.3 is 5.11 Å². The number of aromatic hydroxyl groups is 1. The maximum Gasteiger partial charge on any atom is 0.150 e. The van der Waals surface area contributed by atoms with Crippen molar-refractivity contribution in [1.82, 2.24) is 0 Å². The van der Waals surface area contributed by atoms with Crippen LogP contribution < -0.4 is 0 Å². The SMILES string of the molecule is Cc1ccccc1C=O.Oc1ccccc1. The lowest BCUT2D eigenvalue weighted by Gasteiger charge is -1.92. The first-order valence-corrected chi connectivity index (χ1v) is 4.99. The van der Waals surface area contributed by atoms with Gasteiger partial charge in [0.25, 0.3) is 0 Å². The summed E-state index contributed by atoms with van der Waals surface area (Å²) in [6.45, 7) is 1.92. The molecule has 0 radical (unpaired) electrons. The first kappa shape index (κ1) is 12.0. The topological polar surface area (TPSA) is 37.3 Å². The molecular weight excluding hydrogens is 200 g/mol. The molecule has 0 aliphatic carbocycles. The molecule has 0 saturated heterocycles. The fourth-order valence-corrected chi connectivity index (χ4v) is 1.15. The summed E-state index contributed by atoms with van der Waals surface area (Å²) in [6, 6.07) is 16.2. The van der Waals surface area contributed by atoms with E-state index in [2.05, 4.69) is 0 Å². The van der Waals surface area contributed by atoms with Gasteiger partial charge in [-0.1, -0.05) is 42.5 Å². The van der Waals surface area contributed by atoms with Gasteiger partial charge in [0.2, 0.25) is 0 Å². The summed E-state index contributed by atoms with van der Waals surface area (Å²) in [4.78, 5) is 10.2. The normalized spacial score (nSPS) is 8.81. The molecule has 2 aromatic rings. The molecule has 0 fully saturated rings. The van der Waals surface area contributed by atoms with Gasteiger partial charge in [0.1, 0.15) is 12.0 Å². The van der Waals surface area contributed by atoms with Crippen LogP contribution in [0.5, 0.6) is 5.75 Å². The Morgan fingerprint density at radius 1 is 0.938 bits per heavy atom. The molecule has 2 aromatic carbocycles. The van der Waals surface area contributed by atoms with E-state index in [1.54, 1.807) is 24.3 Å². The number of aryl methyl sites for hydroxylation is 1. The lowest BCUT2D eigenvalue weighted by atomic mass is 10.1. The van der Waals surface area contributed by atoms with E-state index in [0.717, 1.165) is 17.4 Å². The van der Waals surface area contributed by atoms with Gasteiger partial charge in [0, 0.05) is 5.56 Å². The fraction of sp³-hybridized carbons (Fsp3) is 0.0714. The summed E-state index contributed by atoms with van der Waals surface area (Å²) >= 11 is 0. The van der Waals surface area contributed by atoms with Crippen LogP contribution >= 0.6 is 0 Å². The van der Waals surface area contributed by atoms with Gasteiger partial charge in [0.15, 0.2) is 0 Å².